The molecule has 108 valence electrons. The first-order chi connectivity index (χ1) is 10.3. The minimum Gasteiger partial charge on any atom is -0.331 e. The largest absolute Gasteiger partial charge is 0.331 e. The van der Waals surface area contributed by atoms with Gasteiger partial charge in [-0.05, 0) is 48.2 Å². The Hall–Kier alpha value is -1.87. The van der Waals surface area contributed by atoms with Crippen LogP contribution in [0.3, 0.4) is 0 Å². The predicted molar refractivity (Wildman–Crippen MR) is 83.1 cm³/mol. The third-order valence-corrected chi connectivity index (χ3v) is 3.99. The van der Waals surface area contributed by atoms with Crippen LogP contribution >= 0.6 is 11.6 Å². The molecule has 3 nitrogen and oxygen atoms in total. The summed E-state index contributed by atoms with van der Waals surface area (Å²) in [6.07, 6.45) is 5.70. The van der Waals surface area contributed by atoms with Crippen molar-refractivity contribution in [3.05, 3.63) is 65.5 Å². The molecule has 0 aliphatic heterocycles. The van der Waals surface area contributed by atoms with Gasteiger partial charge in [-0.25, -0.2) is 0 Å². The van der Waals surface area contributed by atoms with Crippen molar-refractivity contribution in [2.24, 2.45) is 0 Å². The lowest BCUT2D eigenvalue weighted by Gasteiger charge is -2.23. The molecule has 21 heavy (non-hydrogen) atoms. The molecule has 0 N–H and O–H groups in total. The highest BCUT2D eigenvalue weighted by Gasteiger charge is 2.33. The fourth-order valence-corrected chi connectivity index (χ4v) is 2.56. The van der Waals surface area contributed by atoms with E-state index >= 15 is 0 Å². The molecule has 0 spiro atoms. The number of pyridine rings is 1. The van der Waals surface area contributed by atoms with Crippen LogP contribution in [0.2, 0.25) is 0 Å². The van der Waals surface area contributed by atoms with E-state index in [4.69, 9.17) is 11.6 Å². The summed E-state index contributed by atoms with van der Waals surface area (Å²) in [5.74, 6) is 0.510. The number of hydrogen-bond acceptors (Lipinski definition) is 2. The molecule has 0 radical (unpaired) electrons. The second kappa shape index (κ2) is 6.27. The van der Waals surface area contributed by atoms with Gasteiger partial charge < -0.3 is 4.90 Å². The number of benzene rings is 1. The van der Waals surface area contributed by atoms with E-state index in [-0.39, 0.29) is 5.91 Å². The maximum atomic E-state index is 12.8. The standard InChI is InChI=1S/C17H17ClN2O/c18-11-14-2-1-3-15(10-14)17(21)20(16-4-5-16)12-13-6-8-19-9-7-13/h1-3,6-10,16H,4-5,11-12H2. The minimum absolute atomic E-state index is 0.0845. The van der Waals surface area contributed by atoms with E-state index in [1.54, 1.807) is 12.4 Å². The van der Waals surface area contributed by atoms with Gasteiger partial charge in [0, 0.05) is 36.4 Å². The Kier molecular flexibility index (Phi) is 4.20. The second-order valence-electron chi connectivity index (χ2n) is 5.35. The van der Waals surface area contributed by atoms with Gasteiger partial charge in [0.2, 0.25) is 0 Å². The zero-order chi connectivity index (χ0) is 14.7. The zero-order valence-corrected chi connectivity index (χ0v) is 12.5. The maximum Gasteiger partial charge on any atom is 0.254 e. The van der Waals surface area contributed by atoms with Gasteiger partial charge in [0.25, 0.3) is 5.91 Å². The SMILES string of the molecule is O=C(c1cccc(CCl)c1)N(Cc1ccncc1)C1CC1. The summed E-state index contributed by atoms with van der Waals surface area (Å²) in [5, 5.41) is 0. The number of carbonyl (C=O) groups is 1. The normalized spacial score (nSPS) is 14.0. The van der Waals surface area contributed by atoms with E-state index in [9.17, 15) is 4.79 Å². The van der Waals surface area contributed by atoms with Crippen molar-refractivity contribution in [3.63, 3.8) is 0 Å². The summed E-state index contributed by atoms with van der Waals surface area (Å²) < 4.78 is 0. The quantitative estimate of drug-likeness (QED) is 0.790. The van der Waals surface area contributed by atoms with Crippen LogP contribution in [0, 0.1) is 0 Å². The Bertz CT molecular complexity index is 626. The van der Waals surface area contributed by atoms with Gasteiger partial charge in [0.1, 0.15) is 0 Å². The molecular formula is C17H17ClN2O. The molecule has 1 aliphatic rings. The smallest absolute Gasteiger partial charge is 0.254 e. The van der Waals surface area contributed by atoms with Gasteiger partial charge in [-0.3, -0.25) is 9.78 Å². The summed E-state index contributed by atoms with van der Waals surface area (Å²) in [4.78, 5) is 18.7. The minimum atomic E-state index is 0.0845. The lowest BCUT2D eigenvalue weighted by atomic mass is 10.1. The Morgan fingerprint density at radius 2 is 1.95 bits per heavy atom. The molecule has 0 saturated heterocycles. The molecule has 3 rings (SSSR count). The highest BCUT2D eigenvalue weighted by atomic mass is 35.5. The molecule has 1 saturated carbocycles. The number of nitrogens with zero attached hydrogens (tertiary/aromatic N) is 2. The van der Waals surface area contributed by atoms with Gasteiger partial charge in [0.05, 0.1) is 0 Å². The van der Waals surface area contributed by atoms with Crippen LogP contribution in [0.1, 0.15) is 34.3 Å². The molecule has 0 unspecified atom stereocenters. The van der Waals surface area contributed by atoms with E-state index in [2.05, 4.69) is 4.98 Å². The molecule has 1 aliphatic carbocycles. The van der Waals surface area contributed by atoms with Crippen molar-refractivity contribution in [2.45, 2.75) is 31.3 Å². The van der Waals surface area contributed by atoms with E-state index in [0.717, 1.165) is 24.0 Å². The first kappa shape index (κ1) is 14.1. The van der Waals surface area contributed by atoms with Crippen LogP contribution in [0.25, 0.3) is 0 Å². The summed E-state index contributed by atoms with van der Waals surface area (Å²) in [6.45, 7) is 0.636. The van der Waals surface area contributed by atoms with E-state index in [1.165, 1.54) is 0 Å². The second-order valence-corrected chi connectivity index (χ2v) is 5.62. The molecule has 1 aromatic heterocycles. The van der Waals surface area contributed by atoms with Crippen LogP contribution in [0.4, 0.5) is 0 Å². The number of alkyl halides is 1. The molecule has 1 heterocycles. The van der Waals surface area contributed by atoms with Gasteiger partial charge in [-0.1, -0.05) is 12.1 Å². The number of halogens is 1. The Morgan fingerprint density at radius 1 is 1.19 bits per heavy atom. The third-order valence-electron chi connectivity index (χ3n) is 3.68. The molecule has 0 atom stereocenters. The monoisotopic (exact) mass is 300 g/mol. The Morgan fingerprint density at radius 3 is 2.62 bits per heavy atom. The topological polar surface area (TPSA) is 33.2 Å². The van der Waals surface area contributed by atoms with Crippen molar-refractivity contribution >= 4 is 17.5 Å². The van der Waals surface area contributed by atoms with Gasteiger partial charge in [0.15, 0.2) is 0 Å². The average molecular weight is 301 g/mol. The highest BCUT2D eigenvalue weighted by molar-refractivity contribution is 6.17. The van der Waals surface area contributed by atoms with Crippen LogP contribution in [0.5, 0.6) is 0 Å². The molecular weight excluding hydrogens is 284 g/mol. The van der Waals surface area contributed by atoms with Crippen molar-refractivity contribution in [3.8, 4) is 0 Å². The van der Waals surface area contributed by atoms with Crippen molar-refractivity contribution in [2.75, 3.05) is 0 Å². The highest BCUT2D eigenvalue weighted by Crippen LogP contribution is 2.30. The maximum absolute atomic E-state index is 12.8. The summed E-state index contributed by atoms with van der Waals surface area (Å²) in [5.41, 5.74) is 2.80. The van der Waals surface area contributed by atoms with Crippen molar-refractivity contribution in [1.29, 1.82) is 0 Å². The van der Waals surface area contributed by atoms with E-state index in [0.29, 0.717) is 24.0 Å². The fourth-order valence-electron chi connectivity index (χ4n) is 2.39. The lowest BCUT2D eigenvalue weighted by molar-refractivity contribution is 0.0730. The van der Waals surface area contributed by atoms with Crippen LogP contribution in [-0.2, 0) is 12.4 Å². The molecule has 0 bridgehead atoms. The molecule has 2 aromatic rings. The first-order valence-electron chi connectivity index (χ1n) is 7.12. The van der Waals surface area contributed by atoms with Crippen LogP contribution in [-0.4, -0.2) is 21.8 Å². The first-order valence-corrected chi connectivity index (χ1v) is 7.66. The number of carbonyl (C=O) groups excluding carboxylic acids is 1. The Labute approximate surface area is 129 Å². The average Bonchev–Trinajstić information content (AvgIpc) is 3.38. The van der Waals surface area contributed by atoms with Gasteiger partial charge in [-0.15, -0.1) is 11.6 Å². The zero-order valence-electron chi connectivity index (χ0n) is 11.7. The lowest BCUT2D eigenvalue weighted by Crippen LogP contribution is -2.32. The molecule has 1 aromatic carbocycles. The summed E-state index contributed by atoms with van der Waals surface area (Å²) >= 11 is 5.86. The van der Waals surface area contributed by atoms with Crippen molar-refractivity contribution in [1.82, 2.24) is 9.88 Å². The third kappa shape index (κ3) is 3.42. The number of aromatic nitrogens is 1. The fraction of sp³-hybridized carbons (Fsp3) is 0.294. The predicted octanol–water partition coefficient (Wildman–Crippen LogP) is 3.63. The number of hydrogen-bond donors (Lipinski definition) is 0. The van der Waals surface area contributed by atoms with E-state index < -0.39 is 0 Å². The van der Waals surface area contributed by atoms with E-state index in [1.807, 2.05) is 41.3 Å². The van der Waals surface area contributed by atoms with Crippen LogP contribution in [0.15, 0.2) is 48.8 Å². The van der Waals surface area contributed by atoms with Gasteiger partial charge in [-0.2, -0.15) is 0 Å². The number of rotatable bonds is 5. The molecule has 1 fully saturated rings. The summed E-state index contributed by atoms with van der Waals surface area (Å²) in [7, 11) is 0. The molecule has 1 amide bonds. The number of amides is 1. The Balaban J connectivity index is 1.81. The summed E-state index contributed by atoms with van der Waals surface area (Å²) in [6, 6.07) is 11.9. The van der Waals surface area contributed by atoms with Crippen LogP contribution < -0.4 is 0 Å². The molecule has 4 heteroatoms. The van der Waals surface area contributed by atoms with Gasteiger partial charge >= 0.3 is 0 Å². The van der Waals surface area contributed by atoms with Crippen molar-refractivity contribution < 1.29 is 4.79 Å².